The molecule has 8 heavy (non-hydrogen) atoms. The first-order valence-corrected chi connectivity index (χ1v) is 2.53. The standard InChI is InChI=1S/BH2O4P.Pb.Rb.3H/c1-5-6(2,3)4;;;;;/h(H2,2,3,4);;;;;/q;;+1;;;-1. The SMILES string of the molecule is [B]OP(=O)(O)O.[H-].[PbH2].[Rb+]. The largest absolute Gasteiger partial charge is 1.00 e. The van der Waals surface area contributed by atoms with E-state index in [-0.39, 0.29) is 86.9 Å². The Morgan fingerprint density at radius 2 is 1.75 bits per heavy atom. The van der Waals surface area contributed by atoms with Crippen LogP contribution >= 0.6 is 7.82 Å². The topological polar surface area (TPSA) is 66.8 Å². The van der Waals surface area contributed by atoms with E-state index >= 15 is 0 Å². The van der Waals surface area contributed by atoms with Crippen molar-refractivity contribution in [1.29, 1.82) is 0 Å². The van der Waals surface area contributed by atoms with Crippen molar-refractivity contribution >= 4 is 43.2 Å². The molecule has 0 unspecified atom stereocenters. The molecule has 0 atom stereocenters. The average molecular weight is 403 g/mol. The molecule has 0 heterocycles. The van der Waals surface area contributed by atoms with Crippen molar-refractivity contribution in [1.82, 2.24) is 0 Å². The summed E-state index contributed by atoms with van der Waals surface area (Å²) in [4.78, 5) is 15.2. The summed E-state index contributed by atoms with van der Waals surface area (Å²) in [5.74, 6) is 0. The maximum absolute atomic E-state index is 9.35. The van der Waals surface area contributed by atoms with Gasteiger partial charge < -0.3 is 15.7 Å². The first-order chi connectivity index (χ1) is 2.56. The molecule has 0 bridgehead atoms. The quantitative estimate of drug-likeness (QED) is 0.342. The Hall–Kier alpha value is 2.90. The molecule has 4 radical (unpaired) electrons. The molecule has 0 aromatic heterocycles. The minimum Gasteiger partial charge on any atom is 1.00 e. The van der Waals surface area contributed by atoms with Gasteiger partial charge in [0.15, 0.2) is 0 Å². The van der Waals surface area contributed by atoms with Crippen LogP contribution in [0.3, 0.4) is 0 Å². The Morgan fingerprint density at radius 1 is 1.62 bits per heavy atom. The van der Waals surface area contributed by atoms with Gasteiger partial charge in [-0.25, -0.2) is 4.57 Å². The maximum Gasteiger partial charge on any atom is 1.00 e. The van der Waals surface area contributed by atoms with E-state index < -0.39 is 7.82 Å². The van der Waals surface area contributed by atoms with Crippen LogP contribution in [-0.2, 0) is 9.01 Å². The van der Waals surface area contributed by atoms with E-state index in [4.69, 9.17) is 9.79 Å². The van der Waals surface area contributed by atoms with Crippen LogP contribution in [-0.4, -0.2) is 45.1 Å². The maximum atomic E-state index is 9.35. The van der Waals surface area contributed by atoms with Gasteiger partial charge in [0.2, 0.25) is 0 Å². The van der Waals surface area contributed by atoms with Crippen molar-refractivity contribution in [3.63, 3.8) is 0 Å². The van der Waals surface area contributed by atoms with Gasteiger partial charge in [-0.2, -0.15) is 0 Å². The zero-order chi connectivity index (χ0) is 5.21. The third-order valence-electron chi connectivity index (χ3n) is 0.137. The van der Waals surface area contributed by atoms with E-state index in [9.17, 15) is 4.57 Å². The van der Waals surface area contributed by atoms with Crippen molar-refractivity contribution in [3.8, 4) is 0 Å². The zero-order valence-corrected chi connectivity index (χ0v) is 15.8. The molecular weight excluding hydrogens is 398 g/mol. The van der Waals surface area contributed by atoms with Gasteiger partial charge in [0.1, 0.15) is 0 Å². The molecule has 0 amide bonds. The molecule has 0 aliphatic heterocycles. The summed E-state index contributed by atoms with van der Waals surface area (Å²) in [6.45, 7) is 0. The van der Waals surface area contributed by atoms with E-state index in [1.165, 1.54) is 0 Å². The van der Waals surface area contributed by atoms with Crippen LogP contribution in [0.1, 0.15) is 1.43 Å². The fraction of sp³-hybridized carbons (Fsp3) is 0. The molecule has 4 nitrogen and oxygen atoms in total. The predicted octanol–water partition coefficient (Wildman–Crippen LogP) is -4.62. The third kappa shape index (κ3) is 16.0. The first kappa shape index (κ1) is 17.1. The van der Waals surface area contributed by atoms with E-state index in [2.05, 4.69) is 12.5 Å². The Morgan fingerprint density at radius 3 is 1.75 bits per heavy atom. The van der Waals surface area contributed by atoms with Gasteiger partial charge in [-0.3, -0.25) is 0 Å². The van der Waals surface area contributed by atoms with Gasteiger partial charge in [-0.1, -0.05) is 0 Å². The summed E-state index contributed by atoms with van der Waals surface area (Å²) < 4.78 is 12.5. The van der Waals surface area contributed by atoms with Crippen molar-refractivity contribution < 1.29 is 78.4 Å². The smallest absolute Gasteiger partial charge is 1.00 e. The van der Waals surface area contributed by atoms with Crippen LogP contribution in [0.5, 0.6) is 0 Å². The van der Waals surface area contributed by atoms with Crippen molar-refractivity contribution in [2.45, 2.75) is 0 Å². The van der Waals surface area contributed by atoms with Gasteiger partial charge >= 0.3 is 93.3 Å². The van der Waals surface area contributed by atoms with Crippen LogP contribution in [0.15, 0.2) is 0 Å². The Kier molecular flexibility index (Phi) is 17.1. The summed E-state index contributed by atoms with van der Waals surface area (Å²) in [7, 11) is -0.326. The molecular formula is H5BO4PPbRb. The molecule has 0 fully saturated rings. The molecule has 0 saturated carbocycles. The second-order valence-corrected chi connectivity index (χ2v) is 1.79. The molecule has 0 aromatic carbocycles. The normalized spacial score (nSPS) is 8.75. The van der Waals surface area contributed by atoms with Gasteiger partial charge in [0.05, 0.1) is 0 Å². The number of hydrogen-bond acceptors (Lipinski definition) is 2. The van der Waals surface area contributed by atoms with Crippen molar-refractivity contribution in [3.05, 3.63) is 0 Å². The van der Waals surface area contributed by atoms with Gasteiger partial charge in [-0.15, -0.1) is 0 Å². The molecule has 0 aliphatic rings. The number of phosphoric acid groups is 1. The van der Waals surface area contributed by atoms with Crippen LogP contribution < -0.4 is 58.2 Å². The second-order valence-electron chi connectivity index (χ2n) is 0.596. The fourth-order valence-corrected chi connectivity index (χ4v) is 0. The minimum absolute atomic E-state index is 0. The van der Waals surface area contributed by atoms with E-state index in [0.717, 1.165) is 0 Å². The molecule has 8 heteroatoms. The van der Waals surface area contributed by atoms with Crippen molar-refractivity contribution in [2.75, 3.05) is 0 Å². The molecule has 0 spiro atoms. The summed E-state index contributed by atoms with van der Waals surface area (Å²) in [5, 5.41) is 0. The zero-order valence-electron chi connectivity index (χ0n) is 5.44. The minimum atomic E-state index is -4.37. The fourth-order valence-electron chi connectivity index (χ4n) is 0. The molecule has 0 aromatic rings. The monoisotopic (exact) mass is 404 g/mol. The van der Waals surface area contributed by atoms with Crippen LogP contribution in [0.2, 0.25) is 0 Å². The van der Waals surface area contributed by atoms with Crippen LogP contribution in [0.4, 0.5) is 0 Å². The Bertz CT molecular complexity index is 84.6. The Labute approximate surface area is 119 Å². The van der Waals surface area contributed by atoms with Crippen molar-refractivity contribution in [2.24, 2.45) is 0 Å². The Balaban J connectivity index is -0.0000000417. The van der Waals surface area contributed by atoms with E-state index in [1.807, 2.05) is 0 Å². The van der Waals surface area contributed by atoms with Gasteiger partial charge in [-0.05, 0) is 0 Å². The van der Waals surface area contributed by atoms with Crippen LogP contribution in [0, 0.1) is 0 Å². The molecule has 0 rings (SSSR count). The van der Waals surface area contributed by atoms with E-state index in [0.29, 0.717) is 0 Å². The summed E-state index contributed by atoms with van der Waals surface area (Å²) in [6, 6.07) is 0. The molecule has 0 aliphatic carbocycles. The van der Waals surface area contributed by atoms with Gasteiger partial charge in [0.25, 0.3) is 8.05 Å². The summed E-state index contributed by atoms with van der Waals surface area (Å²) in [6.07, 6.45) is 0. The summed E-state index contributed by atoms with van der Waals surface area (Å²) in [5.41, 5.74) is 0. The number of hydrogen-bond donors (Lipinski definition) is 2. The first-order valence-electron chi connectivity index (χ1n) is 1.00. The number of rotatable bonds is 1. The third-order valence-corrected chi connectivity index (χ3v) is 0.412. The molecule has 0 saturated heterocycles. The molecule has 2 N–H and O–H groups in total. The van der Waals surface area contributed by atoms with E-state index in [1.54, 1.807) is 0 Å². The van der Waals surface area contributed by atoms with Crippen LogP contribution in [0.25, 0.3) is 0 Å². The molecule has 42 valence electrons. The van der Waals surface area contributed by atoms with Gasteiger partial charge in [0, 0.05) is 0 Å². The average Bonchev–Trinajstić information content (AvgIpc) is 1.35. The predicted molar refractivity (Wildman–Crippen MR) is 28.5 cm³/mol. The second kappa shape index (κ2) is 8.00. The summed E-state index contributed by atoms with van der Waals surface area (Å²) >= 11 is 0.